The first-order valence-corrected chi connectivity index (χ1v) is 18.1. The number of carbonyl (C=O) groups is 1. The number of sulfone groups is 1. The lowest BCUT2D eigenvalue weighted by atomic mass is 9.90. The number of nitrogens with zero attached hydrogens (tertiary/aromatic N) is 4. The van der Waals surface area contributed by atoms with E-state index in [1.54, 1.807) is 35.0 Å². The Balaban J connectivity index is 1.26. The highest BCUT2D eigenvalue weighted by Gasteiger charge is 2.37. The molecule has 2 amide bonds. The molecule has 254 valence electrons. The summed E-state index contributed by atoms with van der Waals surface area (Å²) in [4.78, 5) is 20.3. The average molecular weight is 672 g/mol. The number of piperidine rings is 1. The third-order valence-electron chi connectivity index (χ3n) is 9.00. The zero-order valence-corrected chi connectivity index (χ0v) is 28.9. The Morgan fingerprint density at radius 1 is 0.979 bits per heavy atom. The summed E-state index contributed by atoms with van der Waals surface area (Å²) in [5, 5.41) is 13.3. The predicted octanol–water partition coefficient (Wildman–Crippen LogP) is 5.87. The van der Waals surface area contributed by atoms with E-state index in [0.717, 1.165) is 61.8 Å². The Morgan fingerprint density at radius 3 is 2.38 bits per heavy atom. The molecule has 1 unspecified atom stereocenters. The fourth-order valence-corrected chi connectivity index (χ4v) is 8.34. The number of rotatable bonds is 8. The monoisotopic (exact) mass is 671 g/mol. The minimum Gasteiger partial charge on any atom is -0.378 e. The van der Waals surface area contributed by atoms with Crippen LogP contribution in [0.2, 0.25) is 0 Å². The molecule has 4 aromatic rings. The number of aromatic nitrogens is 3. The van der Waals surface area contributed by atoms with Gasteiger partial charge in [0.05, 0.1) is 34.7 Å². The van der Waals surface area contributed by atoms with Crippen LogP contribution in [-0.2, 0) is 20.0 Å². The number of nitrogens with one attached hydrogen (secondary N) is 3. The molecule has 0 spiro atoms. The van der Waals surface area contributed by atoms with Crippen LogP contribution in [-0.4, -0.2) is 68.6 Å². The van der Waals surface area contributed by atoms with Crippen molar-refractivity contribution in [2.24, 2.45) is 5.92 Å². The van der Waals surface area contributed by atoms with E-state index in [0.29, 0.717) is 30.3 Å². The maximum Gasteiger partial charge on any atom is 0.324 e. The highest BCUT2D eigenvalue weighted by Crippen LogP contribution is 2.40. The van der Waals surface area contributed by atoms with Crippen molar-refractivity contribution in [3.63, 3.8) is 0 Å². The molecule has 2 aliphatic rings. The molecule has 0 radical (unpaired) electrons. The normalized spacial score (nSPS) is 16.8. The summed E-state index contributed by atoms with van der Waals surface area (Å²) < 4.78 is 35.9. The first-order valence-electron chi connectivity index (χ1n) is 16.6. The third kappa shape index (κ3) is 7.56. The van der Waals surface area contributed by atoms with Crippen molar-refractivity contribution >= 4 is 33.2 Å². The highest BCUT2D eigenvalue weighted by molar-refractivity contribution is 7.91. The number of benzene rings is 2. The molecule has 0 saturated carbocycles. The zero-order valence-electron chi connectivity index (χ0n) is 28.1. The number of pyridine rings is 1. The molecule has 1 atom stereocenters. The molecule has 3 N–H and O–H groups in total. The fraction of sp³-hybridized carbons (Fsp3) is 0.417. The van der Waals surface area contributed by atoms with Gasteiger partial charge in [-0.3, -0.25) is 5.32 Å². The Hall–Kier alpha value is -4.26. The topological polar surface area (TPSA) is 130 Å². The lowest BCUT2D eigenvalue weighted by molar-refractivity contribution is 0.122. The van der Waals surface area contributed by atoms with Crippen molar-refractivity contribution < 1.29 is 17.9 Å². The van der Waals surface area contributed by atoms with Crippen LogP contribution < -0.4 is 20.9 Å². The number of urea groups is 1. The smallest absolute Gasteiger partial charge is 0.324 e. The number of morpholine rings is 1. The molecule has 12 heteroatoms. The highest BCUT2D eigenvalue weighted by atomic mass is 32.2. The minimum absolute atomic E-state index is 0.0982. The van der Waals surface area contributed by atoms with E-state index in [2.05, 4.69) is 46.6 Å². The van der Waals surface area contributed by atoms with Crippen LogP contribution in [0.5, 0.6) is 0 Å². The van der Waals surface area contributed by atoms with E-state index in [4.69, 9.17) is 9.84 Å². The first kappa shape index (κ1) is 33.6. The number of anilines is 3. The van der Waals surface area contributed by atoms with E-state index < -0.39 is 21.1 Å². The molecule has 2 saturated heterocycles. The summed E-state index contributed by atoms with van der Waals surface area (Å²) in [6.45, 7) is 12.4. The zero-order chi connectivity index (χ0) is 33.9. The van der Waals surface area contributed by atoms with Crippen LogP contribution in [0.4, 0.5) is 22.1 Å². The second kappa shape index (κ2) is 14.1. The number of hydrogen-bond acceptors (Lipinski definition) is 8. The van der Waals surface area contributed by atoms with E-state index in [9.17, 15) is 13.2 Å². The summed E-state index contributed by atoms with van der Waals surface area (Å²) in [6, 6.07) is 20.0. The lowest BCUT2D eigenvalue weighted by Crippen LogP contribution is -2.36. The number of aryl methyl sites for hydroxylation is 1. The summed E-state index contributed by atoms with van der Waals surface area (Å²) in [7, 11) is -3.82. The summed E-state index contributed by atoms with van der Waals surface area (Å²) in [6.07, 6.45) is 2.92. The van der Waals surface area contributed by atoms with Crippen LogP contribution in [0.15, 0.2) is 77.8 Å². The van der Waals surface area contributed by atoms with Gasteiger partial charge in [-0.25, -0.2) is 22.9 Å². The second-order valence-electron chi connectivity index (χ2n) is 13.6. The maximum absolute atomic E-state index is 14.4. The van der Waals surface area contributed by atoms with Gasteiger partial charge >= 0.3 is 6.03 Å². The van der Waals surface area contributed by atoms with Gasteiger partial charge < -0.3 is 20.3 Å². The molecule has 0 bridgehead atoms. The van der Waals surface area contributed by atoms with E-state index in [1.807, 2.05) is 43.3 Å². The third-order valence-corrected chi connectivity index (χ3v) is 11.2. The molecule has 11 nitrogen and oxygen atoms in total. The van der Waals surface area contributed by atoms with Gasteiger partial charge in [-0.05, 0) is 80.7 Å². The lowest BCUT2D eigenvalue weighted by Gasteiger charge is -2.31. The average Bonchev–Trinajstić information content (AvgIpc) is 3.50. The summed E-state index contributed by atoms with van der Waals surface area (Å²) >= 11 is 0. The molecule has 48 heavy (non-hydrogen) atoms. The van der Waals surface area contributed by atoms with Gasteiger partial charge in [0, 0.05) is 36.5 Å². The molecule has 0 aliphatic carbocycles. The van der Waals surface area contributed by atoms with Crippen molar-refractivity contribution in [1.29, 1.82) is 0 Å². The fourth-order valence-electron chi connectivity index (χ4n) is 6.31. The minimum atomic E-state index is -3.82. The van der Waals surface area contributed by atoms with Gasteiger partial charge in [0.15, 0.2) is 9.84 Å². The van der Waals surface area contributed by atoms with Crippen molar-refractivity contribution in [3.8, 4) is 5.69 Å². The SMILES string of the molecule is Cc1ccc(-n2nc(C(C)(C)C)cc2NC(=O)Nc2cccc(C(C3CCNCC3)S(=O)(=O)c3ccc(N4CCOCC4)nc3)c2)cc1. The van der Waals surface area contributed by atoms with Crippen molar-refractivity contribution in [3.05, 3.63) is 89.7 Å². The van der Waals surface area contributed by atoms with Crippen LogP contribution in [0, 0.1) is 12.8 Å². The van der Waals surface area contributed by atoms with E-state index >= 15 is 0 Å². The van der Waals surface area contributed by atoms with Gasteiger partial charge in [0.2, 0.25) is 0 Å². The predicted molar refractivity (Wildman–Crippen MR) is 189 cm³/mol. The Kier molecular flexibility index (Phi) is 9.86. The Labute approximate surface area is 283 Å². The first-order chi connectivity index (χ1) is 23.0. The summed E-state index contributed by atoms with van der Waals surface area (Å²) in [5.74, 6) is 1.17. The molecular formula is C36H45N7O4S. The van der Waals surface area contributed by atoms with Crippen molar-refractivity contribution in [2.75, 3.05) is 54.9 Å². The molecule has 2 fully saturated rings. The number of amides is 2. The van der Waals surface area contributed by atoms with Crippen molar-refractivity contribution in [1.82, 2.24) is 20.1 Å². The largest absolute Gasteiger partial charge is 0.378 e. The van der Waals surface area contributed by atoms with Gasteiger partial charge in [0.1, 0.15) is 11.6 Å². The summed E-state index contributed by atoms with van der Waals surface area (Å²) in [5.41, 5.74) is 3.69. The van der Waals surface area contributed by atoms with Crippen LogP contribution in [0.25, 0.3) is 5.69 Å². The van der Waals surface area contributed by atoms with Gasteiger partial charge in [-0.15, -0.1) is 0 Å². The second-order valence-corrected chi connectivity index (χ2v) is 15.7. The van der Waals surface area contributed by atoms with Crippen LogP contribution in [0.1, 0.15) is 55.7 Å². The van der Waals surface area contributed by atoms with Crippen LogP contribution in [0.3, 0.4) is 0 Å². The number of hydrogen-bond donors (Lipinski definition) is 3. The van der Waals surface area contributed by atoms with Gasteiger partial charge in [0.25, 0.3) is 0 Å². The molecule has 2 aromatic carbocycles. The molecule has 6 rings (SSSR count). The van der Waals surface area contributed by atoms with Crippen molar-refractivity contribution in [2.45, 2.75) is 56.1 Å². The quantitative estimate of drug-likeness (QED) is 0.212. The molecule has 4 heterocycles. The number of ether oxygens (including phenoxy) is 1. The van der Waals surface area contributed by atoms with E-state index in [1.165, 1.54) is 6.20 Å². The van der Waals surface area contributed by atoms with Gasteiger partial charge in [-0.1, -0.05) is 50.6 Å². The molecule has 2 aliphatic heterocycles. The van der Waals surface area contributed by atoms with E-state index in [-0.39, 0.29) is 16.2 Å². The molecular weight excluding hydrogens is 627 g/mol. The molecule has 2 aromatic heterocycles. The standard InChI is InChI=1S/C36H45N7O4S/c1-25-8-10-29(11-9-25)43-33(23-31(41-43)36(2,3)4)40-35(44)39-28-7-5-6-27(22-28)34(26-14-16-37-17-15-26)48(45,46)30-12-13-32(38-24-30)42-18-20-47-21-19-42/h5-13,22-24,26,34,37H,14-21H2,1-4H3,(H2,39,40,44). The number of carbonyl (C=O) groups excluding carboxylic acids is 1. The maximum atomic E-state index is 14.4. The van der Waals surface area contributed by atoms with Crippen LogP contribution >= 0.6 is 0 Å². The van der Waals surface area contributed by atoms with Gasteiger partial charge in [-0.2, -0.15) is 5.10 Å². The Bertz CT molecular complexity index is 1820. The Morgan fingerprint density at radius 2 is 1.71 bits per heavy atom.